The molecule has 0 fully saturated rings. The summed E-state index contributed by atoms with van der Waals surface area (Å²) in [5.41, 5.74) is -1.88. The fourth-order valence-corrected chi connectivity index (χ4v) is 1.39. The van der Waals surface area contributed by atoms with Gasteiger partial charge in [0.25, 0.3) is 0 Å². The molecule has 8 heteroatoms. The van der Waals surface area contributed by atoms with Gasteiger partial charge in [-0.25, -0.2) is 9.18 Å². The van der Waals surface area contributed by atoms with Crippen LogP contribution in [0.5, 0.6) is 0 Å². The van der Waals surface area contributed by atoms with Crippen molar-refractivity contribution < 1.29 is 36.6 Å². The zero-order valence-electron chi connectivity index (χ0n) is 11.2. The van der Waals surface area contributed by atoms with Crippen molar-refractivity contribution >= 4 is 5.97 Å². The number of carbonyl (C=O) groups excluding carboxylic acids is 1. The number of hydrogen-bond acceptors (Lipinski definition) is 4. The number of hydrogen-bond donors (Lipinski definition) is 0. The Hall–Kier alpha value is -1.67. The lowest BCUT2D eigenvalue weighted by molar-refractivity contribution is -0.140. The first-order valence-corrected chi connectivity index (χ1v) is 5.97. The molecule has 0 unspecified atom stereocenters. The van der Waals surface area contributed by atoms with Gasteiger partial charge < -0.3 is 14.2 Å². The Morgan fingerprint density at radius 1 is 1.14 bits per heavy atom. The average molecular weight is 310 g/mol. The summed E-state index contributed by atoms with van der Waals surface area (Å²) in [4.78, 5) is 11.5. The summed E-state index contributed by atoms with van der Waals surface area (Å²) >= 11 is 0. The van der Waals surface area contributed by atoms with Crippen LogP contribution in [-0.2, 0) is 20.4 Å². The largest absolute Gasteiger partial charge is 0.460 e. The molecule has 0 saturated carbocycles. The smallest absolute Gasteiger partial charge is 0.419 e. The van der Waals surface area contributed by atoms with E-state index in [1.54, 1.807) is 0 Å². The summed E-state index contributed by atoms with van der Waals surface area (Å²) < 4.78 is 65.0. The Labute approximate surface area is 118 Å². The predicted octanol–water partition coefficient (Wildman–Crippen LogP) is 2.66. The topological polar surface area (TPSA) is 44.8 Å². The van der Waals surface area contributed by atoms with Gasteiger partial charge >= 0.3 is 12.1 Å². The van der Waals surface area contributed by atoms with E-state index in [1.165, 1.54) is 7.11 Å². The molecule has 118 valence electrons. The number of esters is 1. The zero-order chi connectivity index (χ0) is 15.9. The number of benzene rings is 1. The summed E-state index contributed by atoms with van der Waals surface area (Å²) in [6.07, 6.45) is -4.87. The molecule has 1 aromatic carbocycles. The van der Waals surface area contributed by atoms with Gasteiger partial charge in [-0.05, 0) is 18.2 Å². The van der Waals surface area contributed by atoms with E-state index in [9.17, 15) is 22.4 Å². The maximum Gasteiger partial charge on any atom is 0.419 e. The second-order valence-corrected chi connectivity index (χ2v) is 3.93. The Balaban J connectivity index is 2.55. The minimum absolute atomic E-state index is 0.0857. The van der Waals surface area contributed by atoms with Crippen LogP contribution in [0, 0.1) is 5.82 Å². The summed E-state index contributed by atoms with van der Waals surface area (Å²) in [5.74, 6) is -2.42. The highest BCUT2D eigenvalue weighted by Crippen LogP contribution is 2.31. The number of halogens is 4. The molecule has 0 N–H and O–H groups in total. The van der Waals surface area contributed by atoms with Crippen LogP contribution >= 0.6 is 0 Å². The van der Waals surface area contributed by atoms with Gasteiger partial charge in [-0.2, -0.15) is 13.2 Å². The molecule has 0 spiro atoms. The van der Waals surface area contributed by atoms with Gasteiger partial charge in [0.05, 0.1) is 30.9 Å². The van der Waals surface area contributed by atoms with Crippen LogP contribution in [0.2, 0.25) is 0 Å². The molecule has 0 aliphatic heterocycles. The fraction of sp³-hybridized carbons (Fsp3) is 0.462. The van der Waals surface area contributed by atoms with E-state index in [0.29, 0.717) is 25.3 Å². The Bertz CT molecular complexity index is 474. The van der Waals surface area contributed by atoms with Crippen LogP contribution in [0.15, 0.2) is 18.2 Å². The number of ether oxygens (including phenoxy) is 3. The number of methoxy groups -OCH3 is 1. The SMILES string of the molecule is COCCOCCOC(=O)c1ccc(F)c(C(F)(F)F)c1. The molecule has 1 rings (SSSR count). The van der Waals surface area contributed by atoms with Gasteiger partial charge in [-0.1, -0.05) is 0 Å². The first kappa shape index (κ1) is 17.4. The highest BCUT2D eigenvalue weighted by molar-refractivity contribution is 5.89. The molecule has 0 aromatic heterocycles. The van der Waals surface area contributed by atoms with E-state index < -0.39 is 23.5 Å². The van der Waals surface area contributed by atoms with Crippen molar-refractivity contribution in [3.8, 4) is 0 Å². The number of carbonyl (C=O) groups is 1. The van der Waals surface area contributed by atoms with E-state index >= 15 is 0 Å². The summed E-state index contributed by atoms with van der Waals surface area (Å²) in [7, 11) is 1.50. The Kier molecular flexibility index (Phi) is 6.57. The van der Waals surface area contributed by atoms with Gasteiger partial charge in [0.1, 0.15) is 12.4 Å². The molecular formula is C13H14F4O4. The van der Waals surface area contributed by atoms with Crippen molar-refractivity contribution in [1.82, 2.24) is 0 Å². The van der Waals surface area contributed by atoms with Crippen LogP contribution in [-0.4, -0.2) is 39.5 Å². The summed E-state index contributed by atoms with van der Waals surface area (Å²) in [6, 6.07) is 1.93. The van der Waals surface area contributed by atoms with Crippen molar-refractivity contribution in [2.24, 2.45) is 0 Å². The second kappa shape index (κ2) is 7.94. The molecule has 0 radical (unpaired) electrons. The van der Waals surface area contributed by atoms with E-state index in [4.69, 9.17) is 14.2 Å². The lowest BCUT2D eigenvalue weighted by Gasteiger charge is -2.10. The van der Waals surface area contributed by atoms with Crippen LogP contribution < -0.4 is 0 Å². The van der Waals surface area contributed by atoms with Gasteiger partial charge in [0, 0.05) is 7.11 Å². The van der Waals surface area contributed by atoms with E-state index in [-0.39, 0.29) is 18.8 Å². The molecule has 0 atom stereocenters. The standard InChI is InChI=1S/C13H14F4O4/c1-19-4-5-20-6-7-21-12(18)9-2-3-11(14)10(8-9)13(15,16)17/h2-3,8H,4-7H2,1H3. The molecule has 21 heavy (non-hydrogen) atoms. The van der Waals surface area contributed by atoms with Crippen molar-refractivity contribution in [3.05, 3.63) is 35.1 Å². The fourth-order valence-electron chi connectivity index (χ4n) is 1.39. The maximum absolute atomic E-state index is 13.0. The van der Waals surface area contributed by atoms with Crippen LogP contribution in [0.1, 0.15) is 15.9 Å². The van der Waals surface area contributed by atoms with Crippen molar-refractivity contribution in [3.63, 3.8) is 0 Å². The van der Waals surface area contributed by atoms with Crippen LogP contribution in [0.4, 0.5) is 17.6 Å². The molecule has 0 bridgehead atoms. The zero-order valence-corrected chi connectivity index (χ0v) is 11.2. The highest BCUT2D eigenvalue weighted by Gasteiger charge is 2.34. The van der Waals surface area contributed by atoms with Crippen molar-refractivity contribution in [1.29, 1.82) is 0 Å². The normalized spacial score (nSPS) is 11.5. The summed E-state index contributed by atoms with van der Waals surface area (Å²) in [5, 5.41) is 0. The highest BCUT2D eigenvalue weighted by atomic mass is 19.4. The average Bonchev–Trinajstić information content (AvgIpc) is 2.41. The van der Waals surface area contributed by atoms with Crippen LogP contribution in [0.3, 0.4) is 0 Å². The number of rotatable bonds is 7. The molecule has 4 nitrogen and oxygen atoms in total. The van der Waals surface area contributed by atoms with E-state index in [2.05, 4.69) is 0 Å². The first-order valence-electron chi connectivity index (χ1n) is 5.97. The Morgan fingerprint density at radius 3 is 2.43 bits per heavy atom. The van der Waals surface area contributed by atoms with Crippen molar-refractivity contribution in [2.75, 3.05) is 33.5 Å². The molecule has 0 heterocycles. The number of alkyl halides is 3. The molecule has 0 aliphatic carbocycles. The van der Waals surface area contributed by atoms with Gasteiger partial charge in [0.2, 0.25) is 0 Å². The van der Waals surface area contributed by atoms with Gasteiger partial charge in [-0.3, -0.25) is 0 Å². The minimum atomic E-state index is -4.87. The van der Waals surface area contributed by atoms with Crippen molar-refractivity contribution in [2.45, 2.75) is 6.18 Å². The molecule has 0 saturated heterocycles. The summed E-state index contributed by atoms with van der Waals surface area (Å²) in [6.45, 7) is 0.646. The maximum atomic E-state index is 13.0. The lowest BCUT2D eigenvalue weighted by atomic mass is 10.1. The lowest BCUT2D eigenvalue weighted by Crippen LogP contribution is -2.14. The second-order valence-electron chi connectivity index (χ2n) is 3.93. The minimum Gasteiger partial charge on any atom is -0.460 e. The molecular weight excluding hydrogens is 296 g/mol. The third kappa shape index (κ3) is 5.68. The molecule has 1 aromatic rings. The third-order valence-electron chi connectivity index (χ3n) is 2.40. The third-order valence-corrected chi connectivity index (χ3v) is 2.40. The van der Waals surface area contributed by atoms with E-state index in [0.717, 1.165) is 6.07 Å². The molecule has 0 amide bonds. The quantitative estimate of drug-likeness (QED) is 0.441. The van der Waals surface area contributed by atoms with E-state index in [1.807, 2.05) is 0 Å². The monoisotopic (exact) mass is 310 g/mol. The first-order chi connectivity index (χ1) is 9.86. The van der Waals surface area contributed by atoms with Gasteiger partial charge in [0.15, 0.2) is 0 Å². The Morgan fingerprint density at radius 2 is 1.81 bits per heavy atom. The van der Waals surface area contributed by atoms with Crippen LogP contribution in [0.25, 0.3) is 0 Å². The van der Waals surface area contributed by atoms with Gasteiger partial charge in [-0.15, -0.1) is 0 Å². The molecule has 0 aliphatic rings. The predicted molar refractivity (Wildman–Crippen MR) is 64.4 cm³/mol.